The van der Waals surface area contributed by atoms with Crippen LogP contribution in [0.25, 0.3) is 11.0 Å². The molecule has 0 bridgehead atoms. The highest BCUT2D eigenvalue weighted by molar-refractivity contribution is 9.10. The fraction of sp³-hybridized carbons (Fsp3) is 0. The quantitative estimate of drug-likeness (QED) is 0.692. The van der Waals surface area contributed by atoms with Crippen LogP contribution in [0.2, 0.25) is 0 Å². The largest absolute Gasteiger partial charge is 0.382 e. The monoisotopic (exact) mass is 212 g/mol. The van der Waals surface area contributed by atoms with Gasteiger partial charge in [0.05, 0.1) is 4.47 Å². The van der Waals surface area contributed by atoms with E-state index in [1.165, 1.54) is 6.33 Å². The van der Waals surface area contributed by atoms with Gasteiger partial charge in [0.2, 0.25) is 0 Å². The lowest BCUT2D eigenvalue weighted by Gasteiger charge is -1.91. The summed E-state index contributed by atoms with van der Waals surface area (Å²) in [7, 11) is 0. The van der Waals surface area contributed by atoms with Gasteiger partial charge in [-0.05, 0) is 15.9 Å². The molecule has 0 aliphatic carbocycles. The zero-order valence-corrected chi connectivity index (χ0v) is 7.09. The number of anilines is 1. The molecule has 56 valence electrons. The molecule has 4 nitrogen and oxygen atoms in total. The first-order chi connectivity index (χ1) is 5.29. The van der Waals surface area contributed by atoms with Crippen molar-refractivity contribution >= 4 is 32.8 Å². The van der Waals surface area contributed by atoms with Crippen LogP contribution in [-0.2, 0) is 0 Å². The minimum Gasteiger partial charge on any atom is -0.382 e. The van der Waals surface area contributed by atoms with E-state index in [1.807, 2.05) is 0 Å². The average molecular weight is 213 g/mol. The van der Waals surface area contributed by atoms with E-state index in [0.29, 0.717) is 5.82 Å². The van der Waals surface area contributed by atoms with Gasteiger partial charge in [0.25, 0.3) is 0 Å². The molecule has 11 heavy (non-hydrogen) atoms. The maximum Gasteiger partial charge on any atom is 0.151 e. The second kappa shape index (κ2) is 2.20. The minimum absolute atomic E-state index is 0.473. The fourth-order valence-electron chi connectivity index (χ4n) is 0.926. The van der Waals surface area contributed by atoms with Crippen LogP contribution >= 0.6 is 15.9 Å². The summed E-state index contributed by atoms with van der Waals surface area (Å²) in [4.78, 5) is 10.8. The third-order valence-electron chi connectivity index (χ3n) is 1.45. The lowest BCUT2D eigenvalue weighted by Crippen LogP contribution is -1.91. The number of H-pyrrole nitrogens is 1. The summed E-state index contributed by atoms with van der Waals surface area (Å²) in [5.74, 6) is 0.473. The normalized spacial score (nSPS) is 10.6. The summed E-state index contributed by atoms with van der Waals surface area (Å²) in [5.41, 5.74) is 7.16. The van der Waals surface area contributed by atoms with Crippen LogP contribution in [0.15, 0.2) is 17.0 Å². The van der Waals surface area contributed by atoms with E-state index in [-0.39, 0.29) is 0 Å². The maximum atomic E-state index is 5.57. The van der Waals surface area contributed by atoms with E-state index in [9.17, 15) is 0 Å². The van der Waals surface area contributed by atoms with Gasteiger partial charge in [-0.2, -0.15) is 0 Å². The van der Waals surface area contributed by atoms with Gasteiger partial charge in [-0.15, -0.1) is 0 Å². The van der Waals surface area contributed by atoms with Gasteiger partial charge < -0.3 is 10.7 Å². The fourth-order valence-corrected chi connectivity index (χ4v) is 1.34. The molecular weight excluding hydrogens is 208 g/mol. The first kappa shape index (κ1) is 6.60. The van der Waals surface area contributed by atoms with E-state index in [0.717, 1.165) is 15.5 Å². The van der Waals surface area contributed by atoms with Gasteiger partial charge in [0, 0.05) is 6.20 Å². The van der Waals surface area contributed by atoms with E-state index in [1.54, 1.807) is 6.20 Å². The number of hydrogen-bond acceptors (Lipinski definition) is 3. The van der Waals surface area contributed by atoms with Crippen LogP contribution in [0.4, 0.5) is 5.82 Å². The van der Waals surface area contributed by atoms with Gasteiger partial charge in [-0.25, -0.2) is 9.97 Å². The zero-order chi connectivity index (χ0) is 7.84. The predicted octanol–water partition coefficient (Wildman–Crippen LogP) is 1.30. The first-order valence-corrected chi connectivity index (χ1v) is 3.81. The molecule has 0 saturated carbocycles. The van der Waals surface area contributed by atoms with Crippen molar-refractivity contribution in [3.8, 4) is 0 Å². The Morgan fingerprint density at radius 1 is 1.45 bits per heavy atom. The topological polar surface area (TPSA) is 67.6 Å². The second-order valence-corrected chi connectivity index (χ2v) is 2.97. The average Bonchev–Trinajstić information content (AvgIpc) is 2.35. The molecule has 0 fully saturated rings. The summed E-state index contributed by atoms with van der Waals surface area (Å²) < 4.78 is 0.904. The first-order valence-electron chi connectivity index (χ1n) is 3.02. The molecule has 2 rings (SSSR count). The molecule has 0 amide bonds. The molecule has 0 unspecified atom stereocenters. The van der Waals surface area contributed by atoms with Crippen molar-refractivity contribution in [3.05, 3.63) is 17.0 Å². The number of rotatable bonds is 0. The van der Waals surface area contributed by atoms with Crippen LogP contribution in [0.1, 0.15) is 0 Å². The van der Waals surface area contributed by atoms with Crippen molar-refractivity contribution in [1.82, 2.24) is 15.0 Å². The van der Waals surface area contributed by atoms with E-state index < -0.39 is 0 Å². The van der Waals surface area contributed by atoms with Crippen molar-refractivity contribution in [3.63, 3.8) is 0 Å². The molecule has 0 aliphatic rings. The highest BCUT2D eigenvalue weighted by atomic mass is 79.9. The van der Waals surface area contributed by atoms with Crippen molar-refractivity contribution < 1.29 is 0 Å². The molecule has 0 spiro atoms. The zero-order valence-electron chi connectivity index (χ0n) is 5.50. The molecule has 2 aromatic heterocycles. The number of aromatic nitrogens is 3. The third kappa shape index (κ3) is 0.883. The van der Waals surface area contributed by atoms with Crippen LogP contribution in [-0.4, -0.2) is 15.0 Å². The van der Waals surface area contributed by atoms with E-state index >= 15 is 0 Å². The molecular formula is C6H5BrN4. The van der Waals surface area contributed by atoms with Gasteiger partial charge in [0.1, 0.15) is 17.4 Å². The molecule has 2 heterocycles. The van der Waals surface area contributed by atoms with Crippen molar-refractivity contribution in [1.29, 1.82) is 0 Å². The number of nitrogens with zero attached hydrogens (tertiary/aromatic N) is 2. The van der Waals surface area contributed by atoms with Crippen molar-refractivity contribution in [2.75, 3.05) is 5.73 Å². The number of aromatic amines is 1. The summed E-state index contributed by atoms with van der Waals surface area (Å²) in [6, 6.07) is 0. The van der Waals surface area contributed by atoms with Crippen molar-refractivity contribution in [2.45, 2.75) is 0 Å². The molecule has 0 aromatic carbocycles. The number of nitrogen functional groups attached to an aromatic ring is 1. The Balaban J connectivity index is 2.94. The lowest BCUT2D eigenvalue weighted by molar-refractivity contribution is 1.22. The Morgan fingerprint density at radius 3 is 3.00 bits per heavy atom. The van der Waals surface area contributed by atoms with Crippen LogP contribution in [0.5, 0.6) is 0 Å². The number of halogens is 1. The molecule has 0 atom stereocenters. The third-order valence-corrected chi connectivity index (χ3v) is 2.05. The van der Waals surface area contributed by atoms with Crippen LogP contribution < -0.4 is 5.73 Å². The van der Waals surface area contributed by atoms with Crippen LogP contribution in [0, 0.1) is 0 Å². The maximum absolute atomic E-state index is 5.57. The van der Waals surface area contributed by atoms with E-state index in [2.05, 4.69) is 30.9 Å². The van der Waals surface area contributed by atoms with Gasteiger partial charge in [0.15, 0.2) is 5.82 Å². The van der Waals surface area contributed by atoms with Gasteiger partial charge in [-0.1, -0.05) is 0 Å². The Kier molecular flexibility index (Phi) is 1.32. The molecule has 3 N–H and O–H groups in total. The number of hydrogen-bond donors (Lipinski definition) is 2. The summed E-state index contributed by atoms with van der Waals surface area (Å²) >= 11 is 3.32. The Hall–Kier alpha value is -1.10. The standard InChI is InChI=1S/C6H5BrN4/c7-3-1-9-5-4(3)10-2-11-6(5)8/h1-2,9H,(H2,8,10,11). The lowest BCUT2D eigenvalue weighted by atomic mass is 10.4. The Morgan fingerprint density at radius 2 is 2.27 bits per heavy atom. The SMILES string of the molecule is Nc1ncnc2c(Br)c[nH]c12. The predicted molar refractivity (Wildman–Crippen MR) is 46.0 cm³/mol. The Bertz CT molecular complexity index is 394. The summed E-state index contributed by atoms with van der Waals surface area (Å²) in [5, 5.41) is 0. The summed E-state index contributed by atoms with van der Waals surface area (Å²) in [6.45, 7) is 0. The number of nitrogens with one attached hydrogen (secondary N) is 1. The summed E-state index contributed by atoms with van der Waals surface area (Å²) in [6.07, 6.45) is 3.23. The highest BCUT2D eigenvalue weighted by Crippen LogP contribution is 2.22. The molecule has 2 aromatic rings. The molecule has 0 radical (unpaired) electrons. The van der Waals surface area contributed by atoms with Gasteiger partial charge >= 0.3 is 0 Å². The van der Waals surface area contributed by atoms with E-state index in [4.69, 9.17) is 5.73 Å². The molecule has 0 aliphatic heterocycles. The number of fused-ring (bicyclic) bond motifs is 1. The highest BCUT2D eigenvalue weighted by Gasteiger charge is 2.04. The number of nitrogens with two attached hydrogens (primary N) is 1. The van der Waals surface area contributed by atoms with Gasteiger partial charge in [-0.3, -0.25) is 0 Å². The van der Waals surface area contributed by atoms with Crippen molar-refractivity contribution in [2.24, 2.45) is 0 Å². The smallest absolute Gasteiger partial charge is 0.151 e. The molecule has 5 heteroatoms. The minimum atomic E-state index is 0.473. The van der Waals surface area contributed by atoms with Crippen LogP contribution in [0.3, 0.4) is 0 Å². The Labute approximate surface area is 71.0 Å². The second-order valence-electron chi connectivity index (χ2n) is 2.12. The molecule has 0 saturated heterocycles.